The van der Waals surface area contributed by atoms with Crippen molar-refractivity contribution < 1.29 is 9.31 Å². The number of hydrogen-bond donors (Lipinski definition) is 0. The van der Waals surface area contributed by atoms with Crippen LogP contribution in [0.2, 0.25) is 5.02 Å². The van der Waals surface area contributed by atoms with Crippen molar-refractivity contribution in [3.63, 3.8) is 0 Å². The smallest absolute Gasteiger partial charge is 0.258 e. The van der Waals surface area contributed by atoms with Gasteiger partial charge in [-0.25, -0.2) is 0 Å². The van der Waals surface area contributed by atoms with Gasteiger partial charge in [0, 0.05) is 12.1 Å². The van der Waals surface area contributed by atoms with Gasteiger partial charge in [0.05, 0.1) is 15.5 Å². The van der Waals surface area contributed by atoms with E-state index in [0.29, 0.717) is 0 Å². The van der Waals surface area contributed by atoms with Crippen LogP contribution in [0.3, 0.4) is 0 Å². The highest BCUT2D eigenvalue weighted by molar-refractivity contribution is 6.31. The lowest BCUT2D eigenvalue weighted by molar-refractivity contribution is -0.387. The Morgan fingerprint density at radius 2 is 2.23 bits per heavy atom. The molecule has 0 aliphatic heterocycles. The van der Waals surface area contributed by atoms with E-state index < -0.39 is 16.4 Å². The van der Waals surface area contributed by atoms with Gasteiger partial charge < -0.3 is 0 Å². The summed E-state index contributed by atoms with van der Waals surface area (Å²) in [6.07, 6.45) is 0. The van der Waals surface area contributed by atoms with Gasteiger partial charge in [0.1, 0.15) is 6.07 Å². The number of nitriles is 1. The quantitative estimate of drug-likeness (QED) is 0.516. The van der Waals surface area contributed by atoms with Crippen LogP contribution in [-0.4, -0.2) is 4.92 Å². The first-order chi connectivity index (χ1) is 6.06. The SMILES string of the molecule is N#Cc1cc(F)c([N+](=O)[O-])cc1Cl. The third kappa shape index (κ3) is 1.73. The Bertz CT molecular complexity index is 414. The number of nitro benzene ring substituents is 1. The molecule has 0 aromatic heterocycles. The van der Waals surface area contributed by atoms with Gasteiger partial charge in [0.25, 0.3) is 0 Å². The molecular weight excluding hydrogens is 199 g/mol. The molecule has 0 saturated heterocycles. The van der Waals surface area contributed by atoms with E-state index in [0.717, 1.165) is 12.1 Å². The molecule has 0 bridgehead atoms. The molecule has 0 aliphatic carbocycles. The Labute approximate surface area is 77.3 Å². The van der Waals surface area contributed by atoms with Gasteiger partial charge in [-0.15, -0.1) is 0 Å². The van der Waals surface area contributed by atoms with Gasteiger partial charge >= 0.3 is 5.69 Å². The largest absolute Gasteiger partial charge is 0.306 e. The van der Waals surface area contributed by atoms with Crippen LogP contribution in [0.4, 0.5) is 10.1 Å². The van der Waals surface area contributed by atoms with Gasteiger partial charge in [-0.05, 0) is 0 Å². The van der Waals surface area contributed by atoms with E-state index in [1.807, 2.05) is 0 Å². The molecule has 0 amide bonds. The standard InChI is InChI=1S/C7H2ClFN2O2/c8-5-2-7(11(12)13)6(9)1-4(5)3-10/h1-2H. The number of hydrogen-bond acceptors (Lipinski definition) is 3. The first kappa shape index (κ1) is 9.42. The van der Waals surface area contributed by atoms with Crippen molar-refractivity contribution in [3.8, 4) is 6.07 Å². The lowest BCUT2D eigenvalue weighted by Gasteiger charge is -1.96. The van der Waals surface area contributed by atoms with Gasteiger partial charge in [0.2, 0.25) is 5.82 Å². The summed E-state index contributed by atoms with van der Waals surface area (Å²) < 4.78 is 12.8. The van der Waals surface area contributed by atoms with Crippen molar-refractivity contribution in [2.45, 2.75) is 0 Å². The van der Waals surface area contributed by atoms with E-state index in [1.54, 1.807) is 6.07 Å². The number of nitrogens with zero attached hydrogens (tertiary/aromatic N) is 2. The predicted octanol–water partition coefficient (Wildman–Crippen LogP) is 2.26. The Morgan fingerprint density at radius 3 is 2.69 bits per heavy atom. The van der Waals surface area contributed by atoms with Crippen molar-refractivity contribution in [2.75, 3.05) is 0 Å². The summed E-state index contributed by atoms with van der Waals surface area (Å²) in [7, 11) is 0. The molecule has 0 fully saturated rings. The van der Waals surface area contributed by atoms with Gasteiger partial charge in [-0.3, -0.25) is 10.1 Å². The Kier molecular flexibility index (Phi) is 2.44. The summed E-state index contributed by atoms with van der Waals surface area (Å²) in [6, 6.07) is 3.16. The zero-order valence-corrected chi connectivity index (χ0v) is 6.88. The molecule has 6 heteroatoms. The van der Waals surface area contributed by atoms with Crippen LogP contribution in [0.1, 0.15) is 5.56 Å². The lowest BCUT2D eigenvalue weighted by Crippen LogP contribution is -1.93. The van der Waals surface area contributed by atoms with Crippen LogP contribution < -0.4 is 0 Å². The van der Waals surface area contributed by atoms with E-state index in [1.165, 1.54) is 0 Å². The average Bonchev–Trinajstić information content (AvgIpc) is 2.07. The summed E-state index contributed by atoms with van der Waals surface area (Å²) in [6.45, 7) is 0. The van der Waals surface area contributed by atoms with Crippen LogP contribution in [0.15, 0.2) is 12.1 Å². The second kappa shape index (κ2) is 3.37. The van der Waals surface area contributed by atoms with Gasteiger partial charge in [-0.2, -0.15) is 9.65 Å². The molecule has 66 valence electrons. The first-order valence-corrected chi connectivity index (χ1v) is 3.47. The Balaban J connectivity index is 3.39. The maximum absolute atomic E-state index is 12.8. The van der Waals surface area contributed by atoms with Gasteiger partial charge in [-0.1, -0.05) is 11.6 Å². The van der Waals surface area contributed by atoms with Crippen LogP contribution in [0, 0.1) is 27.3 Å². The highest BCUT2D eigenvalue weighted by Crippen LogP contribution is 2.25. The third-order valence-electron chi connectivity index (χ3n) is 1.35. The van der Waals surface area contributed by atoms with Crippen LogP contribution in [0.5, 0.6) is 0 Å². The Morgan fingerprint density at radius 1 is 1.62 bits per heavy atom. The second-order valence-corrected chi connectivity index (χ2v) is 2.56. The highest BCUT2D eigenvalue weighted by atomic mass is 35.5. The van der Waals surface area contributed by atoms with Crippen molar-refractivity contribution in [3.05, 3.63) is 38.7 Å². The zero-order chi connectivity index (χ0) is 10.0. The normalized spacial score (nSPS) is 9.31. The minimum atomic E-state index is -1.06. The van der Waals surface area contributed by atoms with Gasteiger partial charge in [0.15, 0.2) is 0 Å². The summed E-state index contributed by atoms with van der Waals surface area (Å²) in [5, 5.41) is 18.5. The molecular formula is C7H2ClFN2O2. The monoisotopic (exact) mass is 200 g/mol. The summed E-state index contributed by atoms with van der Waals surface area (Å²) in [5.74, 6) is -1.06. The summed E-state index contributed by atoms with van der Waals surface area (Å²) >= 11 is 5.45. The molecule has 0 heterocycles. The maximum Gasteiger partial charge on any atom is 0.306 e. The van der Waals surface area contributed by atoms with E-state index in [2.05, 4.69) is 0 Å². The zero-order valence-electron chi connectivity index (χ0n) is 6.12. The fourth-order valence-corrected chi connectivity index (χ4v) is 0.962. The summed E-state index contributed by atoms with van der Waals surface area (Å²) in [5.41, 5.74) is -0.853. The minimum absolute atomic E-state index is 0.121. The number of halogens is 2. The van der Waals surface area contributed by atoms with Crippen LogP contribution in [-0.2, 0) is 0 Å². The fourth-order valence-electron chi connectivity index (χ4n) is 0.762. The molecule has 0 saturated carbocycles. The fraction of sp³-hybridized carbons (Fsp3) is 0. The first-order valence-electron chi connectivity index (χ1n) is 3.10. The highest BCUT2D eigenvalue weighted by Gasteiger charge is 2.16. The molecule has 0 atom stereocenters. The Hall–Kier alpha value is -1.67. The second-order valence-electron chi connectivity index (χ2n) is 2.15. The molecule has 0 radical (unpaired) electrons. The molecule has 1 aromatic carbocycles. The van der Waals surface area contributed by atoms with E-state index in [-0.39, 0.29) is 10.6 Å². The van der Waals surface area contributed by atoms with Crippen LogP contribution in [0.25, 0.3) is 0 Å². The maximum atomic E-state index is 12.8. The molecule has 1 rings (SSSR count). The topological polar surface area (TPSA) is 66.9 Å². The molecule has 4 nitrogen and oxygen atoms in total. The third-order valence-corrected chi connectivity index (χ3v) is 1.67. The van der Waals surface area contributed by atoms with Crippen molar-refractivity contribution >= 4 is 17.3 Å². The number of rotatable bonds is 1. The summed E-state index contributed by atoms with van der Waals surface area (Å²) in [4.78, 5) is 9.30. The molecule has 0 aliphatic rings. The van der Waals surface area contributed by atoms with Crippen LogP contribution >= 0.6 is 11.6 Å². The average molecular weight is 201 g/mol. The minimum Gasteiger partial charge on any atom is -0.258 e. The van der Waals surface area contributed by atoms with E-state index in [9.17, 15) is 14.5 Å². The molecule has 0 spiro atoms. The van der Waals surface area contributed by atoms with Crippen molar-refractivity contribution in [1.29, 1.82) is 5.26 Å². The lowest BCUT2D eigenvalue weighted by atomic mass is 10.2. The van der Waals surface area contributed by atoms with Crippen molar-refractivity contribution in [1.82, 2.24) is 0 Å². The predicted molar refractivity (Wildman–Crippen MR) is 42.8 cm³/mol. The molecule has 0 unspecified atom stereocenters. The number of benzene rings is 1. The van der Waals surface area contributed by atoms with Crippen molar-refractivity contribution in [2.24, 2.45) is 0 Å². The van der Waals surface area contributed by atoms with E-state index in [4.69, 9.17) is 16.9 Å². The molecule has 0 N–H and O–H groups in total. The molecule has 1 aromatic rings. The molecule has 13 heavy (non-hydrogen) atoms. The van der Waals surface area contributed by atoms with E-state index >= 15 is 0 Å². The number of nitro groups is 1.